The fraction of sp³-hybridized carbons (Fsp3) is 0.455. The SMILES string of the molecule is Cc1ccc(Cl)cc1[C@@H]1CCCN1. The molecule has 0 amide bonds. The van der Waals surface area contributed by atoms with E-state index < -0.39 is 0 Å². The minimum Gasteiger partial charge on any atom is -0.310 e. The first-order valence-electron chi connectivity index (χ1n) is 4.77. The molecule has 1 heterocycles. The molecule has 0 radical (unpaired) electrons. The third-order valence-electron chi connectivity index (χ3n) is 2.68. The zero-order valence-electron chi connectivity index (χ0n) is 7.81. The summed E-state index contributed by atoms with van der Waals surface area (Å²) in [7, 11) is 0. The summed E-state index contributed by atoms with van der Waals surface area (Å²) in [5.74, 6) is 0. The molecule has 1 aromatic carbocycles. The second-order valence-electron chi connectivity index (χ2n) is 3.65. The first-order valence-corrected chi connectivity index (χ1v) is 5.14. The molecule has 70 valence electrons. The summed E-state index contributed by atoms with van der Waals surface area (Å²) in [5, 5.41) is 4.32. The highest BCUT2D eigenvalue weighted by molar-refractivity contribution is 6.30. The van der Waals surface area contributed by atoms with E-state index in [0.717, 1.165) is 11.6 Å². The van der Waals surface area contributed by atoms with E-state index in [0.29, 0.717) is 6.04 Å². The van der Waals surface area contributed by atoms with Crippen molar-refractivity contribution in [3.8, 4) is 0 Å². The summed E-state index contributed by atoms with van der Waals surface area (Å²) in [5.41, 5.74) is 2.70. The number of nitrogens with one attached hydrogen (secondary N) is 1. The Morgan fingerprint density at radius 2 is 2.31 bits per heavy atom. The van der Waals surface area contributed by atoms with E-state index in [2.05, 4.69) is 24.4 Å². The van der Waals surface area contributed by atoms with Gasteiger partial charge in [0.25, 0.3) is 0 Å². The molecular formula is C11H14ClN. The molecule has 1 aliphatic heterocycles. The number of benzene rings is 1. The van der Waals surface area contributed by atoms with Crippen molar-refractivity contribution in [3.05, 3.63) is 34.3 Å². The summed E-state index contributed by atoms with van der Waals surface area (Å²) < 4.78 is 0. The van der Waals surface area contributed by atoms with Crippen molar-refractivity contribution in [1.29, 1.82) is 0 Å². The molecule has 2 heteroatoms. The van der Waals surface area contributed by atoms with Crippen LogP contribution in [0, 0.1) is 6.92 Å². The van der Waals surface area contributed by atoms with E-state index in [1.165, 1.54) is 24.0 Å². The van der Waals surface area contributed by atoms with E-state index >= 15 is 0 Å². The van der Waals surface area contributed by atoms with Crippen LogP contribution < -0.4 is 5.32 Å². The van der Waals surface area contributed by atoms with E-state index in [9.17, 15) is 0 Å². The van der Waals surface area contributed by atoms with Crippen molar-refractivity contribution < 1.29 is 0 Å². The maximum absolute atomic E-state index is 5.97. The maximum atomic E-state index is 5.97. The van der Waals surface area contributed by atoms with E-state index in [-0.39, 0.29) is 0 Å². The third kappa shape index (κ3) is 1.87. The number of hydrogen-bond acceptors (Lipinski definition) is 1. The second kappa shape index (κ2) is 3.69. The lowest BCUT2D eigenvalue weighted by molar-refractivity contribution is 0.644. The smallest absolute Gasteiger partial charge is 0.0409 e. The van der Waals surface area contributed by atoms with Crippen LogP contribution in [-0.2, 0) is 0 Å². The van der Waals surface area contributed by atoms with Crippen molar-refractivity contribution in [2.24, 2.45) is 0 Å². The Bertz CT molecular complexity index is 303. The van der Waals surface area contributed by atoms with E-state index in [1.54, 1.807) is 0 Å². The number of aryl methyl sites for hydroxylation is 1. The zero-order valence-corrected chi connectivity index (χ0v) is 8.56. The summed E-state index contributed by atoms with van der Waals surface area (Å²) >= 11 is 5.97. The molecule has 13 heavy (non-hydrogen) atoms. The molecule has 1 saturated heterocycles. The standard InChI is InChI=1S/C11H14ClN/c1-8-4-5-9(12)7-10(8)11-3-2-6-13-11/h4-5,7,11,13H,2-3,6H2,1H3/t11-/m0/s1. The van der Waals surface area contributed by atoms with Gasteiger partial charge in [-0.25, -0.2) is 0 Å². The summed E-state index contributed by atoms with van der Waals surface area (Å²) in [6.45, 7) is 3.28. The topological polar surface area (TPSA) is 12.0 Å². The molecule has 0 bridgehead atoms. The van der Waals surface area contributed by atoms with Gasteiger partial charge in [-0.3, -0.25) is 0 Å². The van der Waals surface area contributed by atoms with Crippen molar-refractivity contribution in [1.82, 2.24) is 5.32 Å². The van der Waals surface area contributed by atoms with Crippen molar-refractivity contribution in [3.63, 3.8) is 0 Å². The molecule has 0 aliphatic carbocycles. The molecule has 1 atom stereocenters. The lowest BCUT2D eigenvalue weighted by atomic mass is 10.0. The largest absolute Gasteiger partial charge is 0.310 e. The molecule has 0 saturated carbocycles. The monoisotopic (exact) mass is 195 g/mol. The van der Waals surface area contributed by atoms with Crippen LogP contribution in [0.3, 0.4) is 0 Å². The Kier molecular flexibility index (Phi) is 2.56. The van der Waals surface area contributed by atoms with Gasteiger partial charge in [-0.1, -0.05) is 17.7 Å². The van der Waals surface area contributed by atoms with Crippen molar-refractivity contribution in [2.45, 2.75) is 25.8 Å². The fourth-order valence-corrected chi connectivity index (χ4v) is 2.12. The Morgan fingerprint density at radius 3 is 3.00 bits per heavy atom. The van der Waals surface area contributed by atoms with Crippen LogP contribution in [0.1, 0.15) is 30.0 Å². The molecule has 0 unspecified atom stereocenters. The van der Waals surface area contributed by atoms with Crippen LogP contribution in [0.25, 0.3) is 0 Å². The molecule has 1 N–H and O–H groups in total. The summed E-state index contributed by atoms with van der Waals surface area (Å²) in [6.07, 6.45) is 2.51. The van der Waals surface area contributed by atoms with Crippen LogP contribution in [0.5, 0.6) is 0 Å². The molecule has 2 rings (SSSR count). The average Bonchev–Trinajstić information content (AvgIpc) is 2.61. The lowest BCUT2D eigenvalue weighted by Crippen LogP contribution is -2.13. The van der Waals surface area contributed by atoms with Crippen LogP contribution >= 0.6 is 11.6 Å². The first-order chi connectivity index (χ1) is 6.27. The van der Waals surface area contributed by atoms with Crippen LogP contribution in [-0.4, -0.2) is 6.54 Å². The Hall–Kier alpha value is -0.530. The van der Waals surface area contributed by atoms with Gasteiger partial charge in [0.05, 0.1) is 0 Å². The molecule has 1 aromatic rings. The van der Waals surface area contributed by atoms with Gasteiger partial charge in [-0.2, -0.15) is 0 Å². The van der Waals surface area contributed by atoms with Gasteiger partial charge in [0, 0.05) is 11.1 Å². The minimum absolute atomic E-state index is 0.527. The fourth-order valence-electron chi connectivity index (χ4n) is 1.94. The highest BCUT2D eigenvalue weighted by Gasteiger charge is 2.17. The molecule has 0 aromatic heterocycles. The van der Waals surface area contributed by atoms with Gasteiger partial charge in [0.1, 0.15) is 0 Å². The first kappa shape index (κ1) is 9.04. The molecule has 1 nitrogen and oxygen atoms in total. The van der Waals surface area contributed by atoms with Crippen LogP contribution in [0.4, 0.5) is 0 Å². The quantitative estimate of drug-likeness (QED) is 0.727. The summed E-state index contributed by atoms with van der Waals surface area (Å²) in [4.78, 5) is 0. The van der Waals surface area contributed by atoms with E-state index in [1.807, 2.05) is 6.07 Å². The minimum atomic E-state index is 0.527. The Morgan fingerprint density at radius 1 is 1.46 bits per heavy atom. The molecule has 1 aliphatic rings. The van der Waals surface area contributed by atoms with Gasteiger partial charge in [0.2, 0.25) is 0 Å². The van der Waals surface area contributed by atoms with Crippen molar-refractivity contribution >= 4 is 11.6 Å². The van der Waals surface area contributed by atoms with Crippen LogP contribution in [0.2, 0.25) is 5.02 Å². The van der Waals surface area contributed by atoms with Gasteiger partial charge >= 0.3 is 0 Å². The number of rotatable bonds is 1. The lowest BCUT2D eigenvalue weighted by Gasteiger charge is -2.13. The number of halogens is 1. The summed E-state index contributed by atoms with van der Waals surface area (Å²) in [6, 6.07) is 6.66. The Labute approximate surface area is 84.1 Å². The predicted octanol–water partition coefficient (Wildman–Crippen LogP) is 3.07. The highest BCUT2D eigenvalue weighted by Crippen LogP contribution is 2.27. The number of hydrogen-bond donors (Lipinski definition) is 1. The van der Waals surface area contributed by atoms with Crippen molar-refractivity contribution in [2.75, 3.05) is 6.54 Å². The maximum Gasteiger partial charge on any atom is 0.0409 e. The van der Waals surface area contributed by atoms with Gasteiger partial charge in [-0.15, -0.1) is 0 Å². The van der Waals surface area contributed by atoms with Gasteiger partial charge in [-0.05, 0) is 49.6 Å². The third-order valence-corrected chi connectivity index (χ3v) is 2.91. The predicted molar refractivity (Wildman–Crippen MR) is 56.2 cm³/mol. The second-order valence-corrected chi connectivity index (χ2v) is 4.09. The van der Waals surface area contributed by atoms with Crippen LogP contribution in [0.15, 0.2) is 18.2 Å². The van der Waals surface area contributed by atoms with Gasteiger partial charge in [0.15, 0.2) is 0 Å². The average molecular weight is 196 g/mol. The van der Waals surface area contributed by atoms with E-state index in [4.69, 9.17) is 11.6 Å². The Balaban J connectivity index is 2.32. The molecule has 0 spiro atoms. The molecular weight excluding hydrogens is 182 g/mol. The van der Waals surface area contributed by atoms with Gasteiger partial charge < -0.3 is 5.32 Å². The highest BCUT2D eigenvalue weighted by atomic mass is 35.5. The molecule has 1 fully saturated rings. The normalized spacial score (nSPS) is 22.2. The zero-order chi connectivity index (χ0) is 9.26.